The van der Waals surface area contributed by atoms with Crippen LogP contribution in [0, 0.1) is 5.92 Å². The Morgan fingerprint density at radius 3 is 2.61 bits per heavy atom. The number of methoxy groups -OCH3 is 1. The first-order valence-electron chi connectivity index (χ1n) is 9.97. The highest BCUT2D eigenvalue weighted by molar-refractivity contribution is 5.96. The SMILES string of the molecule is COc1cccc(-c2ccccc2NC(=O)C2CCN(CC=C(C)C)CC2)c1. The van der Waals surface area contributed by atoms with Crippen molar-refractivity contribution in [2.45, 2.75) is 26.7 Å². The van der Waals surface area contributed by atoms with Gasteiger partial charge in [-0.2, -0.15) is 0 Å². The van der Waals surface area contributed by atoms with Crippen LogP contribution in [0.2, 0.25) is 0 Å². The van der Waals surface area contributed by atoms with Crippen molar-refractivity contribution in [2.24, 2.45) is 5.92 Å². The Bertz CT molecular complexity index is 832. The average Bonchev–Trinajstić information content (AvgIpc) is 2.73. The van der Waals surface area contributed by atoms with E-state index in [0.29, 0.717) is 0 Å². The van der Waals surface area contributed by atoms with E-state index in [1.54, 1.807) is 7.11 Å². The number of carbonyl (C=O) groups excluding carboxylic acids is 1. The van der Waals surface area contributed by atoms with Gasteiger partial charge in [0.05, 0.1) is 7.11 Å². The van der Waals surface area contributed by atoms with Gasteiger partial charge < -0.3 is 10.1 Å². The number of hydrogen-bond donors (Lipinski definition) is 1. The molecule has 0 spiro atoms. The number of nitrogens with one attached hydrogen (secondary N) is 1. The van der Waals surface area contributed by atoms with Gasteiger partial charge in [-0.3, -0.25) is 9.69 Å². The maximum atomic E-state index is 12.9. The van der Waals surface area contributed by atoms with E-state index in [1.807, 2.05) is 48.5 Å². The standard InChI is InChI=1S/C24H30N2O2/c1-18(2)11-14-26-15-12-19(13-16-26)24(27)25-23-10-5-4-9-22(23)20-7-6-8-21(17-20)28-3/h4-11,17,19H,12-16H2,1-3H3,(H,25,27). The van der Waals surface area contributed by atoms with E-state index in [1.165, 1.54) is 5.57 Å². The van der Waals surface area contributed by atoms with Crippen molar-refractivity contribution >= 4 is 11.6 Å². The number of hydrogen-bond acceptors (Lipinski definition) is 3. The van der Waals surface area contributed by atoms with Crippen molar-refractivity contribution in [1.82, 2.24) is 4.90 Å². The summed E-state index contributed by atoms with van der Waals surface area (Å²) in [6.07, 6.45) is 4.07. The van der Waals surface area contributed by atoms with E-state index in [-0.39, 0.29) is 11.8 Å². The van der Waals surface area contributed by atoms with E-state index in [2.05, 4.69) is 30.1 Å². The molecule has 4 nitrogen and oxygen atoms in total. The molecule has 0 atom stereocenters. The van der Waals surface area contributed by atoms with Gasteiger partial charge in [0.2, 0.25) is 5.91 Å². The van der Waals surface area contributed by atoms with Crippen LogP contribution in [0.25, 0.3) is 11.1 Å². The minimum absolute atomic E-state index is 0.0707. The monoisotopic (exact) mass is 378 g/mol. The lowest BCUT2D eigenvalue weighted by atomic mass is 9.95. The van der Waals surface area contributed by atoms with Crippen LogP contribution in [0.1, 0.15) is 26.7 Å². The first kappa shape index (κ1) is 20.2. The van der Waals surface area contributed by atoms with Crippen molar-refractivity contribution in [2.75, 3.05) is 32.1 Å². The summed E-state index contributed by atoms with van der Waals surface area (Å²) in [5.41, 5.74) is 4.24. The van der Waals surface area contributed by atoms with Crippen molar-refractivity contribution < 1.29 is 9.53 Å². The number of anilines is 1. The molecule has 1 heterocycles. The van der Waals surface area contributed by atoms with E-state index < -0.39 is 0 Å². The number of rotatable bonds is 6. The second-order valence-electron chi connectivity index (χ2n) is 7.62. The third-order valence-electron chi connectivity index (χ3n) is 5.28. The number of benzene rings is 2. The molecule has 4 heteroatoms. The number of carbonyl (C=O) groups is 1. The number of allylic oxidation sites excluding steroid dienone is 1. The Balaban J connectivity index is 1.66. The minimum Gasteiger partial charge on any atom is -0.497 e. The minimum atomic E-state index is 0.0707. The van der Waals surface area contributed by atoms with Crippen molar-refractivity contribution in [3.05, 3.63) is 60.2 Å². The molecule has 1 N–H and O–H groups in total. The molecule has 2 aromatic rings. The lowest BCUT2D eigenvalue weighted by Gasteiger charge is -2.30. The Hall–Kier alpha value is -2.59. The fraction of sp³-hybridized carbons (Fsp3) is 0.375. The molecule has 0 bridgehead atoms. The molecular formula is C24H30N2O2. The molecule has 3 rings (SSSR count). The number of para-hydroxylation sites is 1. The molecule has 28 heavy (non-hydrogen) atoms. The summed E-state index contributed by atoms with van der Waals surface area (Å²) in [5, 5.41) is 3.17. The fourth-order valence-corrected chi connectivity index (χ4v) is 3.56. The summed E-state index contributed by atoms with van der Waals surface area (Å²) in [6.45, 7) is 7.17. The number of piperidine rings is 1. The molecule has 148 valence electrons. The molecule has 1 fully saturated rings. The van der Waals surface area contributed by atoms with Gasteiger partial charge >= 0.3 is 0 Å². The molecule has 1 aliphatic rings. The summed E-state index contributed by atoms with van der Waals surface area (Å²) in [5.74, 6) is 1.00. The number of ether oxygens (including phenoxy) is 1. The molecule has 1 saturated heterocycles. The lowest BCUT2D eigenvalue weighted by Crippen LogP contribution is -2.38. The van der Waals surface area contributed by atoms with Gasteiger partial charge in [0.1, 0.15) is 5.75 Å². The summed E-state index contributed by atoms with van der Waals surface area (Å²) < 4.78 is 5.34. The summed E-state index contributed by atoms with van der Waals surface area (Å²) in [6, 6.07) is 15.9. The summed E-state index contributed by atoms with van der Waals surface area (Å²) in [4.78, 5) is 15.3. The molecule has 1 amide bonds. The maximum Gasteiger partial charge on any atom is 0.227 e. The van der Waals surface area contributed by atoms with Gasteiger partial charge in [0.15, 0.2) is 0 Å². The zero-order valence-corrected chi connectivity index (χ0v) is 17.1. The molecule has 2 aromatic carbocycles. The predicted octanol–water partition coefficient (Wildman–Crippen LogP) is 4.98. The van der Waals surface area contributed by atoms with Crippen LogP contribution in [0.3, 0.4) is 0 Å². The molecule has 1 aliphatic heterocycles. The fourth-order valence-electron chi connectivity index (χ4n) is 3.56. The third-order valence-corrected chi connectivity index (χ3v) is 5.28. The molecule has 0 aromatic heterocycles. The highest BCUT2D eigenvalue weighted by atomic mass is 16.5. The van der Waals surface area contributed by atoms with E-state index in [0.717, 1.165) is 55.0 Å². The third kappa shape index (κ3) is 5.23. The van der Waals surface area contributed by atoms with Crippen molar-refractivity contribution in [3.63, 3.8) is 0 Å². The zero-order chi connectivity index (χ0) is 19.9. The Morgan fingerprint density at radius 1 is 1.14 bits per heavy atom. The van der Waals surface area contributed by atoms with Crippen molar-refractivity contribution in [3.8, 4) is 16.9 Å². The first-order valence-corrected chi connectivity index (χ1v) is 9.97. The topological polar surface area (TPSA) is 41.6 Å². The van der Waals surface area contributed by atoms with Gasteiger partial charge in [-0.1, -0.05) is 42.0 Å². The second kappa shape index (κ2) is 9.56. The smallest absolute Gasteiger partial charge is 0.227 e. The number of nitrogens with zero attached hydrogens (tertiary/aromatic N) is 1. The molecular weight excluding hydrogens is 348 g/mol. The first-order chi connectivity index (χ1) is 13.6. The van der Waals surface area contributed by atoms with Crippen LogP contribution in [0.15, 0.2) is 60.2 Å². The molecule has 0 saturated carbocycles. The van der Waals surface area contributed by atoms with Gasteiger partial charge in [-0.05, 0) is 63.5 Å². The summed E-state index contributed by atoms with van der Waals surface area (Å²) >= 11 is 0. The largest absolute Gasteiger partial charge is 0.497 e. The van der Waals surface area contributed by atoms with Gasteiger partial charge in [0, 0.05) is 23.7 Å². The molecule has 0 radical (unpaired) electrons. The quantitative estimate of drug-likeness (QED) is 0.721. The Morgan fingerprint density at radius 2 is 1.89 bits per heavy atom. The Kier molecular flexibility index (Phi) is 6.88. The van der Waals surface area contributed by atoms with Crippen LogP contribution < -0.4 is 10.1 Å². The van der Waals surface area contributed by atoms with Gasteiger partial charge in [-0.25, -0.2) is 0 Å². The summed E-state index contributed by atoms with van der Waals surface area (Å²) in [7, 11) is 1.66. The van der Waals surface area contributed by atoms with Crippen LogP contribution in [0.5, 0.6) is 5.75 Å². The molecule has 0 unspecified atom stereocenters. The Labute approximate surface area is 168 Å². The predicted molar refractivity (Wildman–Crippen MR) is 116 cm³/mol. The highest BCUT2D eigenvalue weighted by Gasteiger charge is 2.25. The average molecular weight is 379 g/mol. The van der Waals surface area contributed by atoms with Gasteiger partial charge in [-0.15, -0.1) is 0 Å². The highest BCUT2D eigenvalue weighted by Crippen LogP contribution is 2.31. The van der Waals surface area contributed by atoms with E-state index >= 15 is 0 Å². The van der Waals surface area contributed by atoms with Crippen LogP contribution in [-0.2, 0) is 4.79 Å². The van der Waals surface area contributed by atoms with Crippen LogP contribution in [0.4, 0.5) is 5.69 Å². The normalized spacial score (nSPS) is 15.1. The van der Waals surface area contributed by atoms with E-state index in [4.69, 9.17) is 4.74 Å². The van der Waals surface area contributed by atoms with E-state index in [9.17, 15) is 4.79 Å². The zero-order valence-electron chi connectivity index (χ0n) is 17.1. The van der Waals surface area contributed by atoms with Crippen molar-refractivity contribution in [1.29, 1.82) is 0 Å². The lowest BCUT2D eigenvalue weighted by molar-refractivity contribution is -0.121. The second-order valence-corrected chi connectivity index (χ2v) is 7.62. The van der Waals surface area contributed by atoms with Crippen LogP contribution >= 0.6 is 0 Å². The van der Waals surface area contributed by atoms with Crippen LogP contribution in [-0.4, -0.2) is 37.6 Å². The maximum absolute atomic E-state index is 12.9. The number of likely N-dealkylation sites (tertiary alicyclic amines) is 1. The van der Waals surface area contributed by atoms with Gasteiger partial charge in [0.25, 0.3) is 0 Å². The number of amides is 1. The molecule has 0 aliphatic carbocycles.